The number of rotatable bonds is 3. The first kappa shape index (κ1) is 8.72. The first-order chi connectivity index (χ1) is 5.93. The van der Waals surface area contributed by atoms with Gasteiger partial charge in [-0.2, -0.15) is 0 Å². The molecule has 0 amide bonds. The Morgan fingerprint density at radius 2 is 2.00 bits per heavy atom. The fraction of sp³-hybridized carbons (Fsp3) is 0.182. The van der Waals surface area contributed by atoms with E-state index in [0.29, 0.717) is 0 Å². The van der Waals surface area contributed by atoms with Gasteiger partial charge in [0.2, 0.25) is 0 Å². The summed E-state index contributed by atoms with van der Waals surface area (Å²) in [4.78, 5) is 4.23. The normalized spacial score (nSPS) is 11.4. The number of hydrogen-bond acceptors (Lipinski definition) is 1. The second-order valence-electron chi connectivity index (χ2n) is 2.45. The van der Waals surface area contributed by atoms with Crippen LogP contribution in [-0.4, -0.2) is 6.21 Å². The van der Waals surface area contributed by atoms with E-state index in [4.69, 9.17) is 0 Å². The molecule has 0 aliphatic rings. The summed E-state index contributed by atoms with van der Waals surface area (Å²) in [7, 11) is 0. The van der Waals surface area contributed by atoms with Crippen LogP contribution in [0.15, 0.2) is 47.5 Å². The van der Waals surface area contributed by atoms with Crippen molar-refractivity contribution in [3.8, 4) is 0 Å². The van der Waals surface area contributed by atoms with E-state index in [9.17, 15) is 0 Å². The van der Waals surface area contributed by atoms with Gasteiger partial charge in [-0.3, -0.25) is 4.99 Å². The largest absolute Gasteiger partial charge is 0.257 e. The van der Waals surface area contributed by atoms with Gasteiger partial charge < -0.3 is 0 Å². The summed E-state index contributed by atoms with van der Waals surface area (Å²) in [5.41, 5.74) is 0.998. The Balaban J connectivity index is 2.52. The van der Waals surface area contributed by atoms with E-state index in [1.54, 1.807) is 0 Å². The highest BCUT2D eigenvalue weighted by molar-refractivity contribution is 5.74. The molecule has 0 heterocycles. The summed E-state index contributed by atoms with van der Waals surface area (Å²) >= 11 is 0. The van der Waals surface area contributed by atoms with Crippen LogP contribution in [0.2, 0.25) is 0 Å². The van der Waals surface area contributed by atoms with Crippen LogP contribution in [0.4, 0.5) is 5.69 Å². The Hall–Kier alpha value is -1.37. The second-order valence-corrected chi connectivity index (χ2v) is 2.45. The maximum Gasteiger partial charge on any atom is 0.0629 e. The molecule has 12 heavy (non-hydrogen) atoms. The lowest BCUT2D eigenvalue weighted by Crippen LogP contribution is -1.65. The predicted octanol–water partition coefficient (Wildman–Crippen LogP) is 3.36. The van der Waals surface area contributed by atoms with E-state index >= 15 is 0 Å². The predicted molar refractivity (Wildman–Crippen MR) is 54.0 cm³/mol. The summed E-state index contributed by atoms with van der Waals surface area (Å²) in [5.74, 6) is 0. The molecule has 0 atom stereocenters. The molecule has 1 aromatic carbocycles. The van der Waals surface area contributed by atoms with E-state index in [1.807, 2.05) is 42.6 Å². The van der Waals surface area contributed by atoms with Crippen LogP contribution >= 0.6 is 0 Å². The van der Waals surface area contributed by atoms with Crippen LogP contribution in [-0.2, 0) is 0 Å². The third kappa shape index (κ3) is 3.15. The smallest absolute Gasteiger partial charge is 0.0629 e. The van der Waals surface area contributed by atoms with E-state index < -0.39 is 0 Å². The lowest BCUT2D eigenvalue weighted by molar-refractivity contribution is 1.23. The van der Waals surface area contributed by atoms with Gasteiger partial charge in [-0.05, 0) is 24.6 Å². The van der Waals surface area contributed by atoms with Crippen molar-refractivity contribution in [2.75, 3.05) is 0 Å². The van der Waals surface area contributed by atoms with Gasteiger partial charge in [0.25, 0.3) is 0 Å². The fourth-order valence-electron chi connectivity index (χ4n) is 0.840. The Morgan fingerprint density at radius 1 is 1.25 bits per heavy atom. The van der Waals surface area contributed by atoms with Crippen molar-refractivity contribution in [1.29, 1.82) is 0 Å². The maximum atomic E-state index is 4.23. The zero-order valence-corrected chi connectivity index (χ0v) is 7.27. The molecular formula is C11H13N. The molecule has 0 unspecified atom stereocenters. The number of nitrogens with zero attached hydrogens (tertiary/aromatic N) is 1. The van der Waals surface area contributed by atoms with Gasteiger partial charge in [-0.15, -0.1) is 0 Å². The molecule has 0 saturated carbocycles. The summed E-state index contributed by atoms with van der Waals surface area (Å²) in [6.07, 6.45) is 6.92. The minimum atomic E-state index is 0.998. The average molecular weight is 159 g/mol. The molecule has 0 saturated heterocycles. The van der Waals surface area contributed by atoms with E-state index in [0.717, 1.165) is 12.1 Å². The van der Waals surface area contributed by atoms with Crippen molar-refractivity contribution in [3.63, 3.8) is 0 Å². The van der Waals surface area contributed by atoms with Gasteiger partial charge in [0.05, 0.1) is 5.69 Å². The third-order valence-corrected chi connectivity index (χ3v) is 1.44. The fourth-order valence-corrected chi connectivity index (χ4v) is 0.840. The van der Waals surface area contributed by atoms with E-state index in [2.05, 4.69) is 18.0 Å². The van der Waals surface area contributed by atoms with Crippen LogP contribution in [0, 0.1) is 0 Å². The molecule has 0 N–H and O–H groups in total. The van der Waals surface area contributed by atoms with Gasteiger partial charge in [0, 0.05) is 6.21 Å². The SMILES string of the molecule is CC/C=C/C=Nc1ccccc1. The molecule has 1 rings (SSSR count). The quantitative estimate of drug-likeness (QED) is 0.600. The van der Waals surface area contributed by atoms with Gasteiger partial charge >= 0.3 is 0 Å². The topological polar surface area (TPSA) is 12.4 Å². The van der Waals surface area contributed by atoms with Crippen molar-refractivity contribution >= 4 is 11.9 Å². The van der Waals surface area contributed by atoms with Gasteiger partial charge in [-0.25, -0.2) is 0 Å². The van der Waals surface area contributed by atoms with Crippen LogP contribution in [0.5, 0.6) is 0 Å². The molecule has 62 valence electrons. The maximum absolute atomic E-state index is 4.23. The average Bonchev–Trinajstić information content (AvgIpc) is 2.14. The third-order valence-electron chi connectivity index (χ3n) is 1.44. The molecule has 0 bridgehead atoms. The van der Waals surface area contributed by atoms with Crippen LogP contribution in [0.3, 0.4) is 0 Å². The number of allylic oxidation sites excluding steroid dienone is 2. The molecule has 1 heteroatoms. The Bertz CT molecular complexity index is 260. The molecule has 1 nitrogen and oxygen atoms in total. The first-order valence-corrected chi connectivity index (χ1v) is 4.17. The highest BCUT2D eigenvalue weighted by Crippen LogP contribution is 2.07. The molecule has 0 radical (unpaired) electrons. The van der Waals surface area contributed by atoms with Crippen molar-refractivity contribution in [3.05, 3.63) is 42.5 Å². The van der Waals surface area contributed by atoms with Gasteiger partial charge in [-0.1, -0.05) is 31.2 Å². The Labute approximate surface area is 73.5 Å². The standard InChI is InChI=1S/C11H13N/c1-2-3-7-10-12-11-8-5-4-6-9-11/h3-10H,2H2,1H3/b7-3+,12-10?. The lowest BCUT2D eigenvalue weighted by atomic mass is 10.3. The number of para-hydroxylation sites is 1. The van der Waals surface area contributed by atoms with E-state index in [1.165, 1.54) is 0 Å². The molecule has 0 fully saturated rings. The van der Waals surface area contributed by atoms with Gasteiger partial charge in [0.15, 0.2) is 0 Å². The van der Waals surface area contributed by atoms with Crippen molar-refractivity contribution in [2.45, 2.75) is 13.3 Å². The molecule has 0 aliphatic carbocycles. The summed E-state index contributed by atoms with van der Waals surface area (Å²) in [6.45, 7) is 2.10. The molecule has 0 aliphatic heterocycles. The second kappa shape index (κ2) is 5.30. The molecule has 0 spiro atoms. The minimum absolute atomic E-state index is 0.998. The number of benzene rings is 1. The molecule has 1 aromatic rings. The number of hydrogen-bond donors (Lipinski definition) is 0. The van der Waals surface area contributed by atoms with Crippen molar-refractivity contribution < 1.29 is 0 Å². The highest BCUT2D eigenvalue weighted by Gasteiger charge is 1.79. The molecule has 0 aromatic heterocycles. The number of aliphatic imine (C=N–C) groups is 1. The Kier molecular flexibility index (Phi) is 3.86. The Morgan fingerprint density at radius 3 is 2.67 bits per heavy atom. The highest BCUT2D eigenvalue weighted by atomic mass is 14.7. The lowest BCUT2D eigenvalue weighted by Gasteiger charge is -1.87. The van der Waals surface area contributed by atoms with Gasteiger partial charge in [0.1, 0.15) is 0 Å². The zero-order valence-electron chi connectivity index (χ0n) is 7.27. The van der Waals surface area contributed by atoms with Crippen LogP contribution in [0.1, 0.15) is 13.3 Å². The molecular weight excluding hydrogens is 146 g/mol. The van der Waals surface area contributed by atoms with Crippen LogP contribution in [0.25, 0.3) is 0 Å². The first-order valence-electron chi connectivity index (χ1n) is 4.17. The summed E-state index contributed by atoms with van der Waals surface area (Å²) < 4.78 is 0. The zero-order chi connectivity index (χ0) is 8.65. The summed E-state index contributed by atoms with van der Waals surface area (Å²) in [6, 6.07) is 9.92. The van der Waals surface area contributed by atoms with Crippen molar-refractivity contribution in [1.82, 2.24) is 0 Å². The van der Waals surface area contributed by atoms with E-state index in [-0.39, 0.29) is 0 Å². The van der Waals surface area contributed by atoms with Crippen LogP contribution < -0.4 is 0 Å². The van der Waals surface area contributed by atoms with Crippen molar-refractivity contribution in [2.24, 2.45) is 4.99 Å². The minimum Gasteiger partial charge on any atom is -0.257 e. The monoisotopic (exact) mass is 159 g/mol. The summed E-state index contributed by atoms with van der Waals surface area (Å²) in [5, 5.41) is 0.